The number of fused-ring (bicyclic) bond motifs is 2. The van der Waals surface area contributed by atoms with Crippen LogP contribution in [0, 0.1) is 0 Å². The van der Waals surface area contributed by atoms with Crippen LogP contribution in [0.3, 0.4) is 0 Å². The third-order valence-electron chi connectivity index (χ3n) is 4.73. The lowest BCUT2D eigenvalue weighted by Gasteiger charge is -2.08. The highest BCUT2D eigenvalue weighted by molar-refractivity contribution is 8.00. The Morgan fingerprint density at radius 1 is 0.900 bits per heavy atom. The van der Waals surface area contributed by atoms with E-state index in [4.69, 9.17) is 0 Å². The number of nitrogens with one attached hydrogen (secondary N) is 1. The van der Waals surface area contributed by atoms with Gasteiger partial charge in [-0.25, -0.2) is 14.6 Å². The van der Waals surface area contributed by atoms with E-state index < -0.39 is 0 Å². The van der Waals surface area contributed by atoms with Gasteiger partial charge in [-0.2, -0.15) is 5.10 Å². The summed E-state index contributed by atoms with van der Waals surface area (Å²) in [6.45, 7) is 0. The van der Waals surface area contributed by atoms with E-state index in [1.807, 2.05) is 72.8 Å². The minimum Gasteiger partial charge on any atom is -0.325 e. The Morgan fingerprint density at radius 3 is 2.60 bits per heavy atom. The van der Waals surface area contributed by atoms with Crippen LogP contribution in [0.2, 0.25) is 0 Å². The van der Waals surface area contributed by atoms with Crippen molar-refractivity contribution < 1.29 is 4.79 Å². The Bertz CT molecular complexity index is 1340. The van der Waals surface area contributed by atoms with Gasteiger partial charge in [-0.3, -0.25) is 4.79 Å². The summed E-state index contributed by atoms with van der Waals surface area (Å²) in [5, 5.41) is 11.1. The first-order valence-electron chi connectivity index (χ1n) is 9.44. The van der Waals surface area contributed by atoms with Crippen LogP contribution in [0.1, 0.15) is 0 Å². The summed E-state index contributed by atoms with van der Waals surface area (Å²) < 4.78 is 1.78. The van der Waals surface area contributed by atoms with Crippen LogP contribution in [-0.4, -0.2) is 31.4 Å². The Balaban J connectivity index is 1.35. The SMILES string of the molecule is O=C(CSc1ncnc2c1cnn2-c1ccccc1)Nc1cccc2ccccc12. The van der Waals surface area contributed by atoms with Gasteiger partial charge >= 0.3 is 0 Å². The highest BCUT2D eigenvalue weighted by Crippen LogP contribution is 2.27. The minimum atomic E-state index is -0.0847. The smallest absolute Gasteiger partial charge is 0.234 e. The first-order chi connectivity index (χ1) is 14.8. The van der Waals surface area contributed by atoms with Crippen molar-refractivity contribution in [3.63, 3.8) is 0 Å². The number of carbonyl (C=O) groups is 1. The highest BCUT2D eigenvalue weighted by Gasteiger charge is 2.13. The molecule has 0 aliphatic carbocycles. The quantitative estimate of drug-likeness (QED) is 0.335. The molecule has 0 unspecified atom stereocenters. The van der Waals surface area contributed by atoms with Crippen LogP contribution in [0.15, 0.2) is 90.3 Å². The first kappa shape index (κ1) is 18.3. The topological polar surface area (TPSA) is 72.7 Å². The van der Waals surface area contributed by atoms with Gasteiger partial charge in [0.05, 0.1) is 23.0 Å². The molecule has 146 valence electrons. The fourth-order valence-electron chi connectivity index (χ4n) is 3.35. The molecule has 1 amide bonds. The zero-order chi connectivity index (χ0) is 20.3. The maximum Gasteiger partial charge on any atom is 0.234 e. The Morgan fingerprint density at radius 2 is 1.70 bits per heavy atom. The third kappa shape index (κ3) is 3.51. The van der Waals surface area contributed by atoms with Crippen molar-refractivity contribution >= 4 is 45.2 Å². The molecule has 3 aromatic carbocycles. The Kier molecular flexibility index (Phi) is 4.86. The molecule has 7 heteroatoms. The standard InChI is InChI=1S/C23H17N5OS/c29-21(27-20-12-6-8-16-7-4-5-11-18(16)20)14-30-23-19-13-26-28(22(19)24-15-25-23)17-9-2-1-3-10-17/h1-13,15H,14H2,(H,27,29). The molecule has 0 fully saturated rings. The molecular weight excluding hydrogens is 394 g/mol. The van der Waals surface area contributed by atoms with Crippen molar-refractivity contribution in [2.75, 3.05) is 11.1 Å². The molecule has 0 spiro atoms. The molecule has 0 atom stereocenters. The van der Waals surface area contributed by atoms with Gasteiger partial charge in [0.2, 0.25) is 5.91 Å². The normalized spacial score (nSPS) is 11.1. The summed E-state index contributed by atoms with van der Waals surface area (Å²) in [7, 11) is 0. The lowest BCUT2D eigenvalue weighted by Crippen LogP contribution is -2.14. The van der Waals surface area contributed by atoms with Gasteiger partial charge < -0.3 is 5.32 Å². The van der Waals surface area contributed by atoms with Crippen LogP contribution in [0.25, 0.3) is 27.5 Å². The van der Waals surface area contributed by atoms with Crippen molar-refractivity contribution in [3.8, 4) is 5.69 Å². The number of aromatic nitrogens is 4. The second-order valence-electron chi connectivity index (χ2n) is 6.67. The lowest BCUT2D eigenvalue weighted by molar-refractivity contribution is -0.113. The minimum absolute atomic E-state index is 0.0847. The van der Waals surface area contributed by atoms with Crippen molar-refractivity contribution in [3.05, 3.63) is 85.3 Å². The fraction of sp³-hybridized carbons (Fsp3) is 0.0435. The summed E-state index contributed by atoms with van der Waals surface area (Å²) in [5.74, 6) is 0.157. The average molecular weight is 411 g/mol. The molecule has 30 heavy (non-hydrogen) atoms. The van der Waals surface area contributed by atoms with Gasteiger partial charge in [-0.1, -0.05) is 66.4 Å². The number of amides is 1. The van der Waals surface area contributed by atoms with Gasteiger partial charge in [0.1, 0.15) is 11.4 Å². The van der Waals surface area contributed by atoms with Gasteiger partial charge in [0.25, 0.3) is 0 Å². The van der Waals surface area contributed by atoms with Gasteiger partial charge in [-0.15, -0.1) is 0 Å². The molecule has 0 radical (unpaired) electrons. The number of rotatable bonds is 5. The maximum absolute atomic E-state index is 12.6. The van der Waals surface area contributed by atoms with Crippen LogP contribution in [0.4, 0.5) is 5.69 Å². The van der Waals surface area contributed by atoms with E-state index >= 15 is 0 Å². The molecule has 5 rings (SSSR count). The molecule has 0 aliphatic rings. The van der Waals surface area contributed by atoms with Crippen molar-refractivity contribution in [2.24, 2.45) is 0 Å². The van der Waals surface area contributed by atoms with Crippen LogP contribution >= 0.6 is 11.8 Å². The van der Waals surface area contributed by atoms with Crippen molar-refractivity contribution in [2.45, 2.75) is 5.03 Å². The molecule has 6 nitrogen and oxygen atoms in total. The average Bonchev–Trinajstić information content (AvgIpc) is 3.23. The number of anilines is 1. The van der Waals surface area contributed by atoms with E-state index in [1.54, 1.807) is 10.9 Å². The molecule has 0 bridgehead atoms. The second kappa shape index (κ2) is 7.96. The third-order valence-corrected chi connectivity index (χ3v) is 5.74. The Labute approximate surface area is 177 Å². The summed E-state index contributed by atoms with van der Waals surface area (Å²) in [6, 6.07) is 23.7. The summed E-state index contributed by atoms with van der Waals surface area (Å²) in [5.41, 5.74) is 2.45. The molecule has 2 aromatic heterocycles. The molecular formula is C23H17N5OS. The van der Waals surface area contributed by atoms with Crippen LogP contribution in [0.5, 0.6) is 0 Å². The molecule has 0 saturated heterocycles. The predicted octanol–water partition coefficient (Wildman–Crippen LogP) is 4.70. The molecule has 5 aromatic rings. The molecule has 1 N–H and O–H groups in total. The summed E-state index contributed by atoms with van der Waals surface area (Å²) >= 11 is 1.37. The van der Waals surface area contributed by atoms with E-state index in [0.29, 0.717) is 5.65 Å². The number of thioether (sulfide) groups is 1. The van der Waals surface area contributed by atoms with E-state index in [0.717, 1.165) is 32.6 Å². The van der Waals surface area contributed by atoms with E-state index in [-0.39, 0.29) is 11.7 Å². The van der Waals surface area contributed by atoms with Crippen LogP contribution < -0.4 is 5.32 Å². The zero-order valence-corrected chi connectivity index (χ0v) is 16.7. The molecule has 0 aliphatic heterocycles. The lowest BCUT2D eigenvalue weighted by atomic mass is 10.1. The fourth-order valence-corrected chi connectivity index (χ4v) is 4.11. The summed E-state index contributed by atoms with van der Waals surface area (Å²) in [4.78, 5) is 21.3. The van der Waals surface area contributed by atoms with Gasteiger partial charge in [-0.05, 0) is 23.6 Å². The number of hydrogen-bond acceptors (Lipinski definition) is 5. The van der Waals surface area contributed by atoms with Crippen LogP contribution in [-0.2, 0) is 4.79 Å². The number of hydrogen-bond donors (Lipinski definition) is 1. The largest absolute Gasteiger partial charge is 0.325 e. The Hall–Kier alpha value is -3.71. The number of carbonyl (C=O) groups excluding carboxylic acids is 1. The first-order valence-corrected chi connectivity index (χ1v) is 10.4. The second-order valence-corrected chi connectivity index (χ2v) is 7.64. The van der Waals surface area contributed by atoms with E-state index in [9.17, 15) is 4.79 Å². The predicted molar refractivity (Wildman–Crippen MR) is 120 cm³/mol. The molecule has 0 saturated carbocycles. The summed E-state index contributed by atoms with van der Waals surface area (Å²) in [6.07, 6.45) is 3.25. The van der Waals surface area contributed by atoms with Gasteiger partial charge in [0, 0.05) is 11.1 Å². The number of benzene rings is 3. The van der Waals surface area contributed by atoms with Crippen molar-refractivity contribution in [1.29, 1.82) is 0 Å². The number of nitrogens with zero attached hydrogens (tertiary/aromatic N) is 4. The maximum atomic E-state index is 12.6. The van der Waals surface area contributed by atoms with E-state index in [1.165, 1.54) is 18.1 Å². The van der Waals surface area contributed by atoms with Crippen molar-refractivity contribution in [1.82, 2.24) is 19.7 Å². The monoisotopic (exact) mass is 411 g/mol. The van der Waals surface area contributed by atoms with Gasteiger partial charge in [0.15, 0.2) is 5.65 Å². The zero-order valence-electron chi connectivity index (χ0n) is 15.9. The van der Waals surface area contributed by atoms with E-state index in [2.05, 4.69) is 20.4 Å². The number of para-hydroxylation sites is 1. The highest BCUT2D eigenvalue weighted by atomic mass is 32.2. The molecule has 2 heterocycles.